The van der Waals surface area contributed by atoms with Crippen LogP contribution in [0.1, 0.15) is 15.9 Å². The van der Waals surface area contributed by atoms with E-state index >= 15 is 0 Å². The maximum atomic E-state index is 13.4. The third kappa shape index (κ3) is 2.93. The zero-order valence-corrected chi connectivity index (χ0v) is 11.4. The fraction of sp³-hybridized carbons (Fsp3) is 0.0714. The largest absolute Gasteiger partial charge is 0.294 e. The zero-order valence-electron chi connectivity index (χ0n) is 9.29. The van der Waals surface area contributed by atoms with Crippen molar-refractivity contribution in [3.63, 3.8) is 0 Å². The number of ketones is 1. The molecule has 1 nitrogen and oxygen atoms in total. The Morgan fingerprint density at radius 3 is 2.56 bits per heavy atom. The third-order valence-corrected chi connectivity index (χ3v) is 3.20. The number of carbonyl (C=O) groups is 1. The topological polar surface area (TPSA) is 17.1 Å². The van der Waals surface area contributed by atoms with Gasteiger partial charge in [-0.05, 0) is 46.4 Å². The van der Waals surface area contributed by atoms with Crippen LogP contribution in [0.3, 0.4) is 0 Å². The van der Waals surface area contributed by atoms with Crippen molar-refractivity contribution in [2.24, 2.45) is 0 Å². The fourth-order valence-electron chi connectivity index (χ4n) is 1.62. The number of carbonyl (C=O) groups excluding carboxylic acids is 1. The van der Waals surface area contributed by atoms with Gasteiger partial charge in [0, 0.05) is 15.6 Å². The average Bonchev–Trinajstić information content (AvgIpc) is 2.35. The summed E-state index contributed by atoms with van der Waals surface area (Å²) in [6.07, 6.45) is -0.135. The summed E-state index contributed by atoms with van der Waals surface area (Å²) in [5.41, 5.74) is 0.587. The highest BCUT2D eigenvalue weighted by Crippen LogP contribution is 2.15. The van der Waals surface area contributed by atoms with Gasteiger partial charge in [0.05, 0.1) is 0 Å². The van der Waals surface area contributed by atoms with Crippen molar-refractivity contribution in [3.05, 3.63) is 68.8 Å². The summed E-state index contributed by atoms with van der Waals surface area (Å²) in [4.78, 5) is 11.9. The van der Waals surface area contributed by atoms with E-state index in [2.05, 4.69) is 22.6 Å². The Bertz CT molecular complexity index is 596. The van der Waals surface area contributed by atoms with Crippen molar-refractivity contribution in [1.29, 1.82) is 0 Å². The molecule has 0 N–H and O–H groups in total. The van der Waals surface area contributed by atoms with Gasteiger partial charge in [-0.15, -0.1) is 0 Å². The van der Waals surface area contributed by atoms with Crippen LogP contribution in [-0.2, 0) is 6.42 Å². The van der Waals surface area contributed by atoms with Crippen LogP contribution in [0.2, 0.25) is 0 Å². The highest BCUT2D eigenvalue weighted by atomic mass is 127. The molecule has 0 spiro atoms. The third-order valence-electron chi connectivity index (χ3n) is 2.53. The molecule has 0 aromatic heterocycles. The van der Waals surface area contributed by atoms with Gasteiger partial charge in [-0.25, -0.2) is 8.78 Å². The van der Waals surface area contributed by atoms with Crippen molar-refractivity contribution in [2.75, 3.05) is 0 Å². The van der Waals surface area contributed by atoms with E-state index in [4.69, 9.17) is 0 Å². The second-order valence-corrected chi connectivity index (χ2v) is 5.07. The van der Waals surface area contributed by atoms with Gasteiger partial charge in [0.2, 0.25) is 0 Å². The monoisotopic (exact) mass is 358 g/mol. The van der Waals surface area contributed by atoms with Gasteiger partial charge < -0.3 is 0 Å². The Labute approximate surface area is 117 Å². The molecule has 2 aromatic carbocycles. The number of hydrogen-bond acceptors (Lipinski definition) is 1. The molecule has 2 rings (SSSR count). The molecule has 0 radical (unpaired) electrons. The van der Waals surface area contributed by atoms with E-state index in [-0.39, 0.29) is 17.8 Å². The predicted octanol–water partition coefficient (Wildman–Crippen LogP) is 3.99. The van der Waals surface area contributed by atoms with E-state index < -0.39 is 11.6 Å². The SMILES string of the molecule is O=C(Cc1cccc(F)c1F)c1cccc(I)c1. The number of hydrogen-bond donors (Lipinski definition) is 0. The summed E-state index contributed by atoms with van der Waals surface area (Å²) >= 11 is 2.10. The van der Waals surface area contributed by atoms with Crippen molar-refractivity contribution in [1.82, 2.24) is 0 Å². The predicted molar refractivity (Wildman–Crippen MR) is 73.6 cm³/mol. The summed E-state index contributed by atoms with van der Waals surface area (Å²) in [6.45, 7) is 0. The molecule has 0 atom stereocenters. The molecule has 4 heteroatoms. The fourth-order valence-corrected chi connectivity index (χ4v) is 2.17. The van der Waals surface area contributed by atoms with E-state index in [0.717, 1.165) is 9.64 Å². The van der Waals surface area contributed by atoms with Gasteiger partial charge in [-0.3, -0.25) is 4.79 Å². The number of benzene rings is 2. The summed E-state index contributed by atoms with van der Waals surface area (Å²) < 4.78 is 27.4. The van der Waals surface area contributed by atoms with Crippen LogP contribution in [0.15, 0.2) is 42.5 Å². The minimum absolute atomic E-state index is 0.0823. The van der Waals surface area contributed by atoms with E-state index in [9.17, 15) is 13.6 Å². The maximum absolute atomic E-state index is 13.4. The minimum atomic E-state index is -0.948. The van der Waals surface area contributed by atoms with Crippen LogP contribution in [0.25, 0.3) is 0 Å². The number of rotatable bonds is 3. The molecule has 0 fully saturated rings. The van der Waals surface area contributed by atoms with Gasteiger partial charge in [0.15, 0.2) is 17.4 Å². The first-order valence-corrected chi connectivity index (χ1v) is 6.37. The minimum Gasteiger partial charge on any atom is -0.294 e. The van der Waals surface area contributed by atoms with Crippen molar-refractivity contribution in [2.45, 2.75) is 6.42 Å². The second kappa shape index (κ2) is 5.56. The van der Waals surface area contributed by atoms with Crippen molar-refractivity contribution < 1.29 is 13.6 Å². The van der Waals surface area contributed by atoms with E-state index in [1.807, 2.05) is 6.07 Å². The summed E-state index contributed by atoms with van der Waals surface area (Å²) in [5.74, 6) is -2.10. The first kappa shape index (κ1) is 13.1. The zero-order chi connectivity index (χ0) is 13.1. The smallest absolute Gasteiger partial charge is 0.167 e. The Balaban J connectivity index is 2.24. The van der Waals surface area contributed by atoms with Crippen LogP contribution >= 0.6 is 22.6 Å². The van der Waals surface area contributed by atoms with Gasteiger partial charge in [-0.1, -0.05) is 24.3 Å². The molecule has 0 aliphatic heterocycles. The lowest BCUT2D eigenvalue weighted by molar-refractivity contribution is 0.0991. The number of halogens is 3. The maximum Gasteiger partial charge on any atom is 0.167 e. The van der Waals surface area contributed by atoms with Crippen LogP contribution in [-0.4, -0.2) is 5.78 Å². The number of Topliss-reactive ketones (excluding diaryl/α,β-unsaturated/α-hetero) is 1. The lowest BCUT2D eigenvalue weighted by atomic mass is 10.0. The summed E-state index contributed by atoms with van der Waals surface area (Å²) in [5, 5.41) is 0. The van der Waals surface area contributed by atoms with Gasteiger partial charge >= 0.3 is 0 Å². The van der Waals surface area contributed by atoms with Crippen molar-refractivity contribution >= 4 is 28.4 Å². The van der Waals surface area contributed by atoms with Gasteiger partial charge in [0.1, 0.15) is 0 Å². The second-order valence-electron chi connectivity index (χ2n) is 3.82. The van der Waals surface area contributed by atoms with E-state index in [0.29, 0.717) is 5.56 Å². The molecule has 0 unspecified atom stereocenters. The van der Waals surface area contributed by atoms with Crippen LogP contribution in [0.5, 0.6) is 0 Å². The Kier molecular flexibility index (Phi) is 4.06. The molecular formula is C14H9F2IO. The quantitative estimate of drug-likeness (QED) is 0.599. The molecule has 18 heavy (non-hydrogen) atoms. The van der Waals surface area contributed by atoms with Crippen LogP contribution in [0, 0.1) is 15.2 Å². The van der Waals surface area contributed by atoms with Crippen LogP contribution < -0.4 is 0 Å². The molecule has 92 valence electrons. The molecule has 0 heterocycles. The first-order chi connectivity index (χ1) is 8.58. The van der Waals surface area contributed by atoms with E-state index in [1.54, 1.807) is 18.2 Å². The van der Waals surface area contributed by atoms with Gasteiger partial charge in [0.25, 0.3) is 0 Å². The van der Waals surface area contributed by atoms with Crippen LogP contribution in [0.4, 0.5) is 8.78 Å². The molecule has 0 aliphatic carbocycles. The normalized spacial score (nSPS) is 10.4. The Hall–Kier alpha value is -1.30. The molecular weight excluding hydrogens is 349 g/mol. The molecule has 0 amide bonds. The molecule has 0 saturated heterocycles. The summed E-state index contributed by atoms with van der Waals surface area (Å²) in [6, 6.07) is 10.9. The first-order valence-electron chi connectivity index (χ1n) is 5.29. The molecule has 0 bridgehead atoms. The standard InChI is InChI=1S/C14H9F2IO/c15-12-6-2-4-10(14(12)16)8-13(18)9-3-1-5-11(17)7-9/h1-7H,8H2. The lowest BCUT2D eigenvalue weighted by Crippen LogP contribution is -2.06. The van der Waals surface area contributed by atoms with E-state index in [1.165, 1.54) is 12.1 Å². The molecule has 2 aromatic rings. The Morgan fingerprint density at radius 2 is 1.83 bits per heavy atom. The van der Waals surface area contributed by atoms with Gasteiger partial charge in [-0.2, -0.15) is 0 Å². The lowest BCUT2D eigenvalue weighted by Gasteiger charge is -2.04. The highest BCUT2D eigenvalue weighted by molar-refractivity contribution is 14.1. The molecule has 0 aliphatic rings. The molecule has 0 saturated carbocycles. The summed E-state index contributed by atoms with van der Waals surface area (Å²) in [7, 11) is 0. The van der Waals surface area contributed by atoms with Crippen molar-refractivity contribution in [3.8, 4) is 0 Å². The Morgan fingerprint density at radius 1 is 1.11 bits per heavy atom. The average molecular weight is 358 g/mol. The highest BCUT2D eigenvalue weighted by Gasteiger charge is 2.13.